The van der Waals surface area contributed by atoms with Crippen molar-refractivity contribution in [3.8, 4) is 0 Å². The molecule has 0 unspecified atom stereocenters. The molecule has 0 fully saturated rings. The van der Waals surface area contributed by atoms with E-state index in [0.29, 0.717) is 6.67 Å². The van der Waals surface area contributed by atoms with E-state index in [0.717, 1.165) is 0 Å². The first-order chi connectivity index (χ1) is 3.41. The van der Waals surface area contributed by atoms with Crippen molar-refractivity contribution >= 4 is 0 Å². The first-order valence-corrected chi connectivity index (χ1v) is 1.97. The van der Waals surface area contributed by atoms with E-state index in [4.69, 9.17) is 11.5 Å². The van der Waals surface area contributed by atoms with Crippen molar-refractivity contribution in [1.82, 2.24) is 0 Å². The van der Waals surface area contributed by atoms with Gasteiger partial charge in [0.2, 0.25) is 0 Å². The molecule has 6 radical (unpaired) electrons. The summed E-state index contributed by atoms with van der Waals surface area (Å²) in [6.07, 6.45) is 0. The van der Waals surface area contributed by atoms with Gasteiger partial charge in [0.25, 0.3) is 0 Å². The van der Waals surface area contributed by atoms with Gasteiger partial charge < -0.3 is 22.1 Å². The summed E-state index contributed by atoms with van der Waals surface area (Å²) in [4.78, 5) is 0. The molecule has 0 aliphatic carbocycles. The van der Waals surface area contributed by atoms with E-state index in [2.05, 4.69) is 10.6 Å². The number of hydrogen-bond donors (Lipinski definition) is 0. The Hall–Kier alpha value is 6.46. The van der Waals surface area contributed by atoms with Gasteiger partial charge in [0.15, 0.2) is 0 Å². The second-order valence-electron chi connectivity index (χ2n) is 0.905. The molecule has 0 aliphatic heterocycles. The molecule has 0 bridgehead atoms. The first-order valence-electron chi connectivity index (χ1n) is 1.97. The maximum absolute atomic E-state index is 6.49. The minimum atomic E-state index is 0. The van der Waals surface area contributed by atoms with Crippen molar-refractivity contribution in [1.29, 1.82) is 0 Å². The van der Waals surface area contributed by atoms with Gasteiger partial charge in [-0.05, 0) is 0 Å². The topological polar surface area (TPSA) is 75.8 Å². The summed E-state index contributed by atoms with van der Waals surface area (Å²) >= 11 is 0. The molecule has 2 N–H and O–H groups in total. The molecule has 0 amide bonds. The SMILES string of the molecule is [NH-]C[N-]C[N-]C[NH-].[Y].[Y].[Y].[Y].[Y].[Y]. The van der Waals surface area contributed by atoms with Gasteiger partial charge in [0.1, 0.15) is 0 Å². The quantitative estimate of drug-likeness (QED) is 0.423. The fourth-order valence-electron chi connectivity index (χ4n) is 0.171. The number of rotatable bonds is 4. The molecule has 10 heteroatoms. The Kier molecular flexibility index (Phi) is 141. The minimum Gasteiger partial charge on any atom is -0.699 e. The van der Waals surface area contributed by atoms with Gasteiger partial charge >= 0.3 is 0 Å². The third-order valence-corrected chi connectivity index (χ3v) is 0.424. The number of nitrogens with zero attached hydrogens (tertiary/aromatic N) is 2. The Balaban J connectivity index is -0.0000000120. The Labute approximate surface area is 232 Å². The van der Waals surface area contributed by atoms with Gasteiger partial charge in [0, 0.05) is 196 Å². The van der Waals surface area contributed by atoms with E-state index in [1.807, 2.05) is 0 Å². The van der Waals surface area contributed by atoms with Gasteiger partial charge in [-0.25, -0.2) is 0 Å². The fraction of sp³-hybridized carbons (Fsp3) is 1.00. The molecule has 0 atom stereocenters. The first kappa shape index (κ1) is 42.7. The van der Waals surface area contributed by atoms with Crippen LogP contribution >= 0.6 is 0 Å². The van der Waals surface area contributed by atoms with Crippen LogP contribution in [0.25, 0.3) is 22.1 Å². The molecular weight excluding hydrogens is 625 g/mol. The van der Waals surface area contributed by atoms with E-state index in [9.17, 15) is 0 Å². The average molecular weight is 634 g/mol. The van der Waals surface area contributed by atoms with Crippen LogP contribution in [0.1, 0.15) is 0 Å². The van der Waals surface area contributed by atoms with E-state index < -0.39 is 0 Å². The maximum atomic E-state index is 6.49. The van der Waals surface area contributed by atoms with Crippen molar-refractivity contribution in [3.05, 3.63) is 22.1 Å². The van der Waals surface area contributed by atoms with Gasteiger partial charge in [0.05, 0.1) is 0 Å². The molecule has 13 heavy (non-hydrogen) atoms. The summed E-state index contributed by atoms with van der Waals surface area (Å²) in [6, 6.07) is 0. The molecule has 0 aromatic heterocycles. The van der Waals surface area contributed by atoms with Crippen molar-refractivity contribution < 1.29 is 196 Å². The molecular formula is C3H8N4Y6-4. The molecule has 0 aromatic carbocycles. The molecule has 0 rings (SSSR count). The third kappa shape index (κ3) is 45.7. The largest absolute Gasteiger partial charge is 0.699 e. The van der Waals surface area contributed by atoms with Crippen LogP contribution in [0.15, 0.2) is 0 Å². The predicted molar refractivity (Wildman–Crippen MR) is 30.0 cm³/mol. The van der Waals surface area contributed by atoms with Crippen molar-refractivity contribution in [3.63, 3.8) is 0 Å². The maximum Gasteiger partial charge on any atom is 0 e. The summed E-state index contributed by atoms with van der Waals surface area (Å²) in [6.45, 7) is 0.431. The zero-order valence-corrected chi connectivity index (χ0v) is 24.5. The Morgan fingerprint density at radius 3 is 1.00 bits per heavy atom. The monoisotopic (exact) mass is 634 g/mol. The molecule has 0 heterocycles. The second-order valence-corrected chi connectivity index (χ2v) is 0.905. The van der Waals surface area contributed by atoms with Crippen LogP contribution in [0.2, 0.25) is 0 Å². The van der Waals surface area contributed by atoms with Crippen molar-refractivity contribution in [2.24, 2.45) is 0 Å². The van der Waals surface area contributed by atoms with Crippen LogP contribution in [0.4, 0.5) is 0 Å². The zero-order valence-electron chi connectivity index (χ0n) is 7.48. The average Bonchev–Trinajstić information content (AvgIpc) is 1.69. The van der Waals surface area contributed by atoms with Gasteiger partial charge in [-0.15, -0.1) is 0 Å². The summed E-state index contributed by atoms with van der Waals surface area (Å²) in [7, 11) is 0. The number of nitrogens with one attached hydrogen (secondary N) is 2. The van der Waals surface area contributed by atoms with Crippen LogP contribution in [0.3, 0.4) is 0 Å². The van der Waals surface area contributed by atoms with Crippen LogP contribution in [-0.2, 0) is 196 Å². The molecule has 0 saturated heterocycles. The normalized spacial score (nSPS) is 5.08. The zero-order chi connectivity index (χ0) is 5.54. The Morgan fingerprint density at radius 2 is 0.846 bits per heavy atom. The fourth-order valence-corrected chi connectivity index (χ4v) is 0.171. The molecule has 4 nitrogen and oxygen atoms in total. The summed E-state index contributed by atoms with van der Waals surface area (Å²) in [5.41, 5.74) is 13.0. The molecule has 0 spiro atoms. The summed E-state index contributed by atoms with van der Waals surface area (Å²) in [5, 5.41) is 7.08. The third-order valence-electron chi connectivity index (χ3n) is 0.424. The van der Waals surface area contributed by atoms with E-state index in [-0.39, 0.29) is 210 Å². The van der Waals surface area contributed by atoms with Crippen LogP contribution in [0.5, 0.6) is 0 Å². The Bertz CT molecular complexity index is 39.1. The van der Waals surface area contributed by atoms with Gasteiger partial charge in [-0.1, -0.05) is 0 Å². The Morgan fingerprint density at radius 1 is 0.615 bits per heavy atom. The van der Waals surface area contributed by atoms with Crippen LogP contribution < -0.4 is 0 Å². The molecule has 62 valence electrons. The smallest absolute Gasteiger partial charge is 0 e. The van der Waals surface area contributed by atoms with E-state index in [1.165, 1.54) is 0 Å². The minimum absolute atomic E-state index is 0. The van der Waals surface area contributed by atoms with Crippen LogP contribution in [-0.4, -0.2) is 20.0 Å². The standard InChI is InChI=1S/C3H8N4.6Y/c4-1-6-3-7-2-5;;;;;;/h4-5H,1-3H2;;;;;;/q-4;;;;;;. The number of hydrogen-bond acceptors (Lipinski definition) is 0. The predicted octanol–water partition coefficient (Wildman–Crippen LogP) is 1.70. The molecule has 0 saturated carbocycles. The van der Waals surface area contributed by atoms with E-state index in [1.54, 1.807) is 0 Å². The summed E-state index contributed by atoms with van der Waals surface area (Å²) in [5.74, 6) is 0. The molecule has 0 aromatic rings. The van der Waals surface area contributed by atoms with Crippen LogP contribution in [0, 0.1) is 0 Å². The van der Waals surface area contributed by atoms with Gasteiger partial charge in [-0.3, -0.25) is 20.0 Å². The van der Waals surface area contributed by atoms with Gasteiger partial charge in [-0.2, -0.15) is 0 Å². The van der Waals surface area contributed by atoms with Crippen molar-refractivity contribution in [2.75, 3.05) is 20.0 Å². The second kappa shape index (κ2) is 42.8. The van der Waals surface area contributed by atoms with Crippen molar-refractivity contribution in [2.45, 2.75) is 0 Å². The summed E-state index contributed by atoms with van der Waals surface area (Å²) < 4.78 is 0. The molecule has 0 aliphatic rings. The van der Waals surface area contributed by atoms with E-state index >= 15 is 0 Å².